The van der Waals surface area contributed by atoms with E-state index in [2.05, 4.69) is 41.2 Å². The summed E-state index contributed by atoms with van der Waals surface area (Å²) >= 11 is 0. The number of sulfone groups is 1. The number of aromatic nitrogens is 8. The number of rotatable bonds is 35. The Balaban J connectivity index is 0.715. The number of esters is 1. The molecule has 95 heavy (non-hydrogen) atoms. The molecule has 2 aromatic carbocycles. The number of amides is 2. The van der Waals surface area contributed by atoms with Gasteiger partial charge in [0.15, 0.2) is 17.3 Å². The van der Waals surface area contributed by atoms with E-state index >= 15 is 0 Å². The van der Waals surface area contributed by atoms with Crippen LogP contribution in [0, 0.1) is 5.92 Å². The number of nitrogens with one attached hydrogen (secondary N) is 3. The van der Waals surface area contributed by atoms with Crippen LogP contribution in [0.25, 0.3) is 33.7 Å². The van der Waals surface area contributed by atoms with Crippen LogP contribution in [0.15, 0.2) is 93.8 Å². The number of sulfonamides is 1. The molecule has 0 saturated heterocycles. The first-order valence-electron chi connectivity index (χ1n) is 31.6. The van der Waals surface area contributed by atoms with Gasteiger partial charge in [0.1, 0.15) is 38.4 Å². The van der Waals surface area contributed by atoms with Gasteiger partial charge >= 0.3 is 12.1 Å². The second-order valence-corrected chi connectivity index (χ2v) is 27.0. The molecule has 2 amide bonds. The Kier molecular flexibility index (Phi) is 22.8. The molecule has 0 fully saturated rings. The number of benzene rings is 2. The van der Waals surface area contributed by atoms with Crippen molar-refractivity contribution in [2.75, 3.05) is 63.9 Å². The van der Waals surface area contributed by atoms with Crippen molar-refractivity contribution in [1.82, 2.24) is 54.4 Å². The highest BCUT2D eigenvalue weighted by Crippen LogP contribution is 2.42. The van der Waals surface area contributed by atoms with Crippen LogP contribution in [0.1, 0.15) is 118 Å². The predicted octanol–water partition coefficient (Wildman–Crippen LogP) is 5.40. The molecule has 7 aromatic rings. The monoisotopic (exact) mass is 1350 g/mol. The molecule has 0 radical (unpaired) electrons. The van der Waals surface area contributed by atoms with Gasteiger partial charge in [0.05, 0.1) is 66.7 Å². The number of ether oxygens (including phenoxy) is 5. The van der Waals surface area contributed by atoms with Gasteiger partial charge in [0, 0.05) is 80.2 Å². The minimum Gasteiger partial charge on any atom is -0.457 e. The highest BCUT2D eigenvalue weighted by Gasteiger charge is 2.51. The summed E-state index contributed by atoms with van der Waals surface area (Å²) in [7, 11) is -7.15. The van der Waals surface area contributed by atoms with Crippen LogP contribution in [-0.2, 0) is 108 Å². The van der Waals surface area contributed by atoms with Crippen molar-refractivity contribution < 1.29 is 75.1 Å². The van der Waals surface area contributed by atoms with Crippen LogP contribution >= 0.6 is 0 Å². The minimum absolute atomic E-state index is 0.0220. The number of Topliss-reactive ketones (excluding diaryl/α,β-unsaturated/α-hetero) is 2. The summed E-state index contributed by atoms with van der Waals surface area (Å²) < 4.78 is 94.2. The van der Waals surface area contributed by atoms with Crippen molar-refractivity contribution in [1.29, 1.82) is 0 Å². The van der Waals surface area contributed by atoms with Crippen molar-refractivity contribution in [3.8, 4) is 22.8 Å². The summed E-state index contributed by atoms with van der Waals surface area (Å²) in [6.45, 7) is 6.42. The molecule has 0 saturated carbocycles. The maximum atomic E-state index is 14.4. The minimum atomic E-state index is -3.60. The average Bonchev–Trinajstić information content (AvgIpc) is 1.49. The molecule has 2 aliphatic rings. The van der Waals surface area contributed by atoms with E-state index in [4.69, 9.17) is 34.5 Å². The molecule has 2 atom stereocenters. The van der Waals surface area contributed by atoms with Crippen LogP contribution in [0.5, 0.6) is 0 Å². The SMILES string of the molecule is [3H]CCNCCCC[C@H](CC(=O)COCC(=O)CCCOCCn1cc(CNC(=O)c2coc(-c3cnc(S(C)(=O)=O)nc3)n2)nn1)C(=O)Nc1ccc(COC(=O)O[C@]2(CC)C(=O)OCc3c2cc2n(c3=O)Cc3c-2nc2ccccc2c3CCN(C(C)C)S(C)(=O)=O)cc1. The topological polar surface area (TPSA) is 374 Å². The van der Waals surface area contributed by atoms with E-state index in [1.165, 1.54) is 32.2 Å². The summed E-state index contributed by atoms with van der Waals surface area (Å²) in [5.74, 6) is -3.20. The molecule has 3 N–H and O–H groups in total. The molecule has 31 heteroatoms. The lowest BCUT2D eigenvalue weighted by atomic mass is 9.85. The van der Waals surface area contributed by atoms with Gasteiger partial charge in [-0.15, -0.1) is 5.10 Å². The molecule has 0 bridgehead atoms. The second kappa shape index (κ2) is 31.5. The van der Waals surface area contributed by atoms with Gasteiger partial charge in [-0.3, -0.25) is 24.0 Å². The zero-order valence-corrected chi connectivity index (χ0v) is 54.9. The number of ketones is 2. The second-order valence-electron chi connectivity index (χ2n) is 23.2. The fourth-order valence-corrected chi connectivity index (χ4v) is 12.8. The molecule has 29 nitrogen and oxygen atoms in total. The van der Waals surface area contributed by atoms with Gasteiger partial charge in [-0.05, 0) is 94.4 Å². The fourth-order valence-electron chi connectivity index (χ4n) is 11.2. The third-order valence-corrected chi connectivity index (χ3v) is 18.3. The molecule has 0 unspecified atom stereocenters. The first kappa shape index (κ1) is 68.8. The predicted molar refractivity (Wildman–Crippen MR) is 342 cm³/mol. The first-order chi connectivity index (χ1) is 46.0. The standard InChI is InChI=1S/C64H76N12O17S2/c1-7-64(52-29-55-56-50(34-75(55)60(81)51(52)38-91-61(64)82)48(49-16-9-10-17-53(49)70-56)22-24-76(40(3)4)95(6,86)87)93-63(83)92-35-41-18-20-44(21-19-41)69-57(79)42(14-11-12-23-65-8-2)28-47(78)37-89-36-46(77)15-13-26-88-27-25-74-33-45(72-73-74)32-66-58(80)54-39-90-59(71-54)43-30-67-62(68-31-43)94(5,84)85/h9-10,16-21,29-31,33,39-40,42,65H,7-8,11-15,22-28,32,34-38H2,1-6H3,(H,66,80)(H,69,79)/t42-,64+/m1/s1/i2T. The van der Waals surface area contributed by atoms with Crippen molar-refractivity contribution in [2.24, 2.45) is 5.92 Å². The molecule has 506 valence electrons. The van der Waals surface area contributed by atoms with E-state index in [-0.39, 0.29) is 136 Å². The molecule has 5 aromatic heterocycles. The number of cyclic esters (lactones) is 1. The molecule has 7 heterocycles. The average molecular weight is 1350 g/mol. The normalized spacial score (nSPS) is 14.8. The number of oxazole rings is 1. The van der Waals surface area contributed by atoms with Crippen molar-refractivity contribution >= 4 is 72.0 Å². The molecular formula is C64H76N12O17S2. The van der Waals surface area contributed by atoms with Crippen LogP contribution in [0.3, 0.4) is 0 Å². The number of para-hydroxylation sites is 1. The Hall–Kier alpha value is -9.01. The number of unbranched alkanes of at least 4 members (excludes halogenated alkanes) is 1. The van der Waals surface area contributed by atoms with Gasteiger partial charge in [-0.2, -0.15) is 4.31 Å². The maximum Gasteiger partial charge on any atom is 0.510 e. The summed E-state index contributed by atoms with van der Waals surface area (Å²) in [5.41, 5.74) is 2.36. The number of carbonyl (C=O) groups excluding carboxylic acids is 6. The highest BCUT2D eigenvalue weighted by molar-refractivity contribution is 7.90. The van der Waals surface area contributed by atoms with Crippen molar-refractivity contribution in [2.45, 2.75) is 129 Å². The number of hydrogen-bond acceptors (Lipinski definition) is 24. The van der Waals surface area contributed by atoms with Crippen LogP contribution in [0.4, 0.5) is 10.5 Å². The van der Waals surface area contributed by atoms with E-state index in [9.17, 15) is 50.4 Å². The summed E-state index contributed by atoms with van der Waals surface area (Å²) in [6, 6.07) is 15.2. The van der Waals surface area contributed by atoms with Gasteiger partial charge in [-0.25, -0.2) is 51.0 Å². The summed E-state index contributed by atoms with van der Waals surface area (Å²) in [5, 5.41) is 17.2. The number of carbonyl (C=O) groups is 6. The van der Waals surface area contributed by atoms with Crippen molar-refractivity contribution in [3.63, 3.8) is 0 Å². The van der Waals surface area contributed by atoms with Crippen LogP contribution in [-0.4, -0.2) is 161 Å². The van der Waals surface area contributed by atoms with Gasteiger partial charge in [-0.1, -0.05) is 55.8 Å². The van der Waals surface area contributed by atoms with E-state index < -0.39 is 60.9 Å². The number of nitrogens with zero attached hydrogens (tertiary/aromatic N) is 9. The third kappa shape index (κ3) is 17.7. The number of anilines is 1. The van der Waals surface area contributed by atoms with Gasteiger partial charge < -0.3 is 48.6 Å². The fraction of sp³-hybridized carbons (Fsp3) is 0.453. The lowest BCUT2D eigenvalue weighted by molar-refractivity contribution is -0.175. The maximum absolute atomic E-state index is 14.4. The molecular weight excluding hydrogens is 1270 g/mol. The van der Waals surface area contributed by atoms with E-state index in [1.807, 2.05) is 24.3 Å². The number of hydrogen-bond donors (Lipinski definition) is 3. The Bertz CT molecular complexity index is 4280. The van der Waals surface area contributed by atoms with Crippen molar-refractivity contribution in [3.05, 3.63) is 129 Å². The quantitative estimate of drug-likeness (QED) is 0.0254. The summed E-state index contributed by atoms with van der Waals surface area (Å²) in [6.07, 6.45) is 8.40. The number of fused-ring (bicyclic) bond motifs is 5. The van der Waals surface area contributed by atoms with Gasteiger partial charge in [0.25, 0.3) is 11.5 Å². The Morgan fingerprint density at radius 2 is 1.68 bits per heavy atom. The molecule has 2 aliphatic heterocycles. The van der Waals surface area contributed by atoms with E-state index in [1.54, 1.807) is 57.3 Å². The molecule has 0 spiro atoms. The Morgan fingerprint density at radius 3 is 2.42 bits per heavy atom. The zero-order chi connectivity index (χ0) is 68.7. The lowest BCUT2D eigenvalue weighted by Crippen LogP contribution is -2.47. The van der Waals surface area contributed by atoms with E-state index in [0.717, 1.165) is 29.0 Å². The van der Waals surface area contributed by atoms with Crippen LogP contribution in [0.2, 0.25) is 0 Å². The smallest absolute Gasteiger partial charge is 0.457 e. The zero-order valence-electron chi connectivity index (χ0n) is 54.3. The van der Waals surface area contributed by atoms with Gasteiger partial charge in [0.2, 0.25) is 42.4 Å². The lowest BCUT2D eigenvalue weighted by Gasteiger charge is -2.35. The number of pyridine rings is 2. The molecule has 9 rings (SSSR count). The largest absolute Gasteiger partial charge is 0.510 e. The van der Waals surface area contributed by atoms with Crippen LogP contribution < -0.4 is 21.5 Å². The van der Waals surface area contributed by atoms with E-state index in [0.29, 0.717) is 85.6 Å². The first-order valence-corrected chi connectivity index (χ1v) is 34.6. The Morgan fingerprint density at radius 1 is 0.916 bits per heavy atom. The third-order valence-electron chi connectivity index (χ3n) is 16.0. The molecule has 0 aliphatic carbocycles. The highest BCUT2D eigenvalue weighted by atomic mass is 32.2. The Labute approximate surface area is 549 Å². The summed E-state index contributed by atoms with van der Waals surface area (Å²) in [4.78, 5) is 111.